The SMILES string of the molecule is CC1CN(C(=O)c2ccc(S(C)(=O)=O)cc2)CCC1=O. The minimum atomic E-state index is -3.26. The van der Waals surface area contributed by atoms with E-state index >= 15 is 0 Å². The maximum absolute atomic E-state index is 12.3. The molecule has 1 unspecified atom stereocenters. The molecule has 0 radical (unpaired) electrons. The fraction of sp³-hybridized carbons (Fsp3) is 0.429. The first-order chi connectivity index (χ1) is 9.29. The van der Waals surface area contributed by atoms with Crippen LogP contribution in [0.2, 0.25) is 0 Å². The molecular weight excluding hydrogens is 278 g/mol. The van der Waals surface area contributed by atoms with Crippen molar-refractivity contribution in [3.8, 4) is 0 Å². The molecule has 1 saturated heterocycles. The van der Waals surface area contributed by atoms with Gasteiger partial charge in [0.2, 0.25) is 0 Å². The normalized spacial score (nSPS) is 20.0. The van der Waals surface area contributed by atoms with Gasteiger partial charge < -0.3 is 4.90 Å². The lowest BCUT2D eigenvalue weighted by molar-refractivity contribution is -0.124. The Labute approximate surface area is 118 Å². The summed E-state index contributed by atoms with van der Waals surface area (Å²) in [6, 6.07) is 5.89. The zero-order chi connectivity index (χ0) is 14.9. The highest BCUT2D eigenvalue weighted by molar-refractivity contribution is 7.90. The molecule has 20 heavy (non-hydrogen) atoms. The van der Waals surface area contributed by atoms with Crippen LogP contribution in [-0.2, 0) is 14.6 Å². The van der Waals surface area contributed by atoms with Crippen molar-refractivity contribution in [1.29, 1.82) is 0 Å². The summed E-state index contributed by atoms with van der Waals surface area (Å²) >= 11 is 0. The highest BCUT2D eigenvalue weighted by Crippen LogP contribution is 2.17. The second kappa shape index (κ2) is 5.36. The molecule has 1 aliphatic heterocycles. The summed E-state index contributed by atoms with van der Waals surface area (Å²) in [6.45, 7) is 2.66. The number of benzene rings is 1. The number of hydrogen-bond acceptors (Lipinski definition) is 4. The molecule has 1 aromatic rings. The molecule has 5 nitrogen and oxygen atoms in total. The smallest absolute Gasteiger partial charge is 0.253 e. The van der Waals surface area contributed by atoms with E-state index < -0.39 is 9.84 Å². The van der Waals surface area contributed by atoms with E-state index in [4.69, 9.17) is 0 Å². The first-order valence-corrected chi connectivity index (χ1v) is 8.30. The Balaban J connectivity index is 2.16. The van der Waals surface area contributed by atoms with Gasteiger partial charge in [-0.05, 0) is 24.3 Å². The highest BCUT2D eigenvalue weighted by atomic mass is 32.2. The number of piperidine rings is 1. The molecular formula is C14H17NO4S. The second-order valence-corrected chi connectivity index (χ2v) is 7.18. The Hall–Kier alpha value is -1.69. The molecule has 1 atom stereocenters. The molecule has 0 aromatic heterocycles. The third-order valence-corrected chi connectivity index (χ3v) is 4.62. The number of carbonyl (C=O) groups excluding carboxylic acids is 2. The van der Waals surface area contributed by atoms with Gasteiger partial charge >= 0.3 is 0 Å². The fourth-order valence-electron chi connectivity index (χ4n) is 2.23. The van der Waals surface area contributed by atoms with Gasteiger partial charge in [-0.15, -0.1) is 0 Å². The van der Waals surface area contributed by atoms with E-state index in [2.05, 4.69) is 0 Å². The Morgan fingerprint density at radius 2 is 1.85 bits per heavy atom. The summed E-state index contributed by atoms with van der Waals surface area (Å²) in [5, 5.41) is 0. The molecule has 6 heteroatoms. The minimum absolute atomic E-state index is 0.136. The van der Waals surface area contributed by atoms with Crippen LogP contribution in [0.15, 0.2) is 29.2 Å². The van der Waals surface area contributed by atoms with Crippen molar-refractivity contribution < 1.29 is 18.0 Å². The molecule has 108 valence electrons. The molecule has 1 fully saturated rings. The lowest BCUT2D eigenvalue weighted by atomic mass is 9.98. The van der Waals surface area contributed by atoms with Crippen LogP contribution in [0.5, 0.6) is 0 Å². The zero-order valence-electron chi connectivity index (χ0n) is 11.5. The van der Waals surface area contributed by atoms with Gasteiger partial charge in [-0.3, -0.25) is 9.59 Å². The molecule has 0 aliphatic carbocycles. The van der Waals surface area contributed by atoms with Crippen molar-refractivity contribution in [1.82, 2.24) is 4.90 Å². The van der Waals surface area contributed by atoms with Gasteiger partial charge in [-0.1, -0.05) is 6.92 Å². The maximum Gasteiger partial charge on any atom is 0.253 e. The number of carbonyl (C=O) groups is 2. The quantitative estimate of drug-likeness (QED) is 0.820. The van der Waals surface area contributed by atoms with Crippen molar-refractivity contribution in [2.45, 2.75) is 18.2 Å². The van der Waals surface area contributed by atoms with Gasteiger partial charge in [-0.25, -0.2) is 8.42 Å². The van der Waals surface area contributed by atoms with E-state index in [0.29, 0.717) is 25.1 Å². The van der Waals surface area contributed by atoms with Crippen LogP contribution in [0, 0.1) is 5.92 Å². The topological polar surface area (TPSA) is 71.5 Å². The van der Waals surface area contributed by atoms with Gasteiger partial charge in [-0.2, -0.15) is 0 Å². The number of likely N-dealkylation sites (tertiary alicyclic amines) is 1. The zero-order valence-corrected chi connectivity index (χ0v) is 12.3. The number of ketones is 1. The minimum Gasteiger partial charge on any atom is -0.337 e. The average molecular weight is 295 g/mol. The molecule has 0 N–H and O–H groups in total. The summed E-state index contributed by atoms with van der Waals surface area (Å²) in [7, 11) is -3.26. The third-order valence-electron chi connectivity index (χ3n) is 3.49. The van der Waals surface area contributed by atoms with Crippen LogP contribution in [0.4, 0.5) is 0 Å². The van der Waals surface area contributed by atoms with Gasteiger partial charge in [0, 0.05) is 37.2 Å². The summed E-state index contributed by atoms with van der Waals surface area (Å²) in [4.78, 5) is 25.6. The van der Waals surface area contributed by atoms with Crippen LogP contribution in [0.25, 0.3) is 0 Å². The number of amides is 1. The monoisotopic (exact) mass is 295 g/mol. The Morgan fingerprint density at radius 3 is 2.35 bits per heavy atom. The molecule has 0 saturated carbocycles. The Kier molecular flexibility index (Phi) is 3.94. The molecule has 1 heterocycles. The van der Waals surface area contributed by atoms with E-state index in [0.717, 1.165) is 6.26 Å². The van der Waals surface area contributed by atoms with Crippen molar-refractivity contribution in [3.63, 3.8) is 0 Å². The van der Waals surface area contributed by atoms with Crippen molar-refractivity contribution >= 4 is 21.5 Å². The van der Waals surface area contributed by atoms with Crippen LogP contribution in [-0.4, -0.2) is 44.4 Å². The number of rotatable bonds is 2. The second-order valence-electron chi connectivity index (χ2n) is 5.17. The predicted molar refractivity (Wildman–Crippen MR) is 74.2 cm³/mol. The van der Waals surface area contributed by atoms with Gasteiger partial charge in [0.05, 0.1) is 4.90 Å². The summed E-state index contributed by atoms with van der Waals surface area (Å²) in [5.74, 6) is -0.117. The van der Waals surface area contributed by atoms with Gasteiger partial charge in [0.15, 0.2) is 9.84 Å². The van der Waals surface area contributed by atoms with Crippen molar-refractivity contribution in [3.05, 3.63) is 29.8 Å². The number of hydrogen-bond donors (Lipinski definition) is 0. The molecule has 1 aliphatic rings. The van der Waals surface area contributed by atoms with Crippen molar-refractivity contribution in [2.75, 3.05) is 19.3 Å². The Morgan fingerprint density at radius 1 is 1.25 bits per heavy atom. The van der Waals surface area contributed by atoms with E-state index in [1.165, 1.54) is 24.3 Å². The lowest BCUT2D eigenvalue weighted by Gasteiger charge is -2.30. The van der Waals surface area contributed by atoms with E-state index in [1.54, 1.807) is 4.90 Å². The average Bonchev–Trinajstić information content (AvgIpc) is 2.40. The third kappa shape index (κ3) is 3.07. The molecule has 1 aromatic carbocycles. The van der Waals surface area contributed by atoms with E-state index in [9.17, 15) is 18.0 Å². The van der Waals surface area contributed by atoms with Crippen molar-refractivity contribution in [2.24, 2.45) is 5.92 Å². The molecule has 2 rings (SSSR count). The summed E-state index contributed by atoms with van der Waals surface area (Å²) in [6.07, 6.45) is 1.51. The first-order valence-electron chi connectivity index (χ1n) is 6.41. The largest absolute Gasteiger partial charge is 0.337 e. The van der Waals surface area contributed by atoms with Gasteiger partial charge in [0.1, 0.15) is 5.78 Å². The van der Waals surface area contributed by atoms with Gasteiger partial charge in [0.25, 0.3) is 5.91 Å². The van der Waals surface area contributed by atoms with E-state index in [1.807, 2.05) is 6.92 Å². The van der Waals surface area contributed by atoms with E-state index in [-0.39, 0.29) is 22.5 Å². The molecule has 1 amide bonds. The summed E-state index contributed by atoms with van der Waals surface area (Å²) < 4.78 is 22.7. The number of sulfone groups is 1. The predicted octanol–water partition coefficient (Wildman–Crippen LogP) is 1.14. The fourth-order valence-corrected chi connectivity index (χ4v) is 2.86. The summed E-state index contributed by atoms with van der Waals surface area (Å²) in [5.41, 5.74) is 0.443. The maximum atomic E-state index is 12.3. The first kappa shape index (κ1) is 14.7. The van der Waals surface area contributed by atoms with Crippen LogP contribution >= 0.6 is 0 Å². The lowest BCUT2D eigenvalue weighted by Crippen LogP contribution is -2.43. The molecule has 0 bridgehead atoms. The van der Waals surface area contributed by atoms with Crippen LogP contribution in [0.1, 0.15) is 23.7 Å². The van der Waals surface area contributed by atoms with Crippen LogP contribution in [0.3, 0.4) is 0 Å². The van der Waals surface area contributed by atoms with Crippen LogP contribution < -0.4 is 0 Å². The molecule has 0 spiro atoms. The standard InChI is InChI=1S/C14H17NO4S/c1-10-9-15(8-7-13(10)16)14(17)11-3-5-12(6-4-11)20(2,18)19/h3-6,10H,7-9H2,1-2H3. The Bertz CT molecular complexity index is 634. The number of nitrogens with zero attached hydrogens (tertiary/aromatic N) is 1. The highest BCUT2D eigenvalue weighted by Gasteiger charge is 2.27. The number of Topliss-reactive ketones (excluding diaryl/α,β-unsaturated/α-hetero) is 1.